The van der Waals surface area contributed by atoms with Gasteiger partial charge >= 0.3 is 0 Å². The molecule has 2 aliphatic carbocycles. The Morgan fingerprint density at radius 3 is 1.20 bits per heavy atom. The van der Waals surface area contributed by atoms with Crippen molar-refractivity contribution in [3.8, 4) is 55.9 Å². The molecule has 0 amide bonds. The maximum atomic E-state index is 2.40. The molecule has 2 aromatic heterocycles. The Kier molecular flexibility index (Phi) is 10.7. The third-order valence-electron chi connectivity index (χ3n) is 17.0. The van der Waals surface area contributed by atoms with Crippen LogP contribution >= 0.6 is 0 Å². The molecule has 0 saturated heterocycles. The first kappa shape index (κ1) is 44.3. The van der Waals surface area contributed by atoms with Crippen LogP contribution in [0.4, 0.5) is 17.1 Å². The largest absolute Gasteiger partial charge is 0.311 e. The van der Waals surface area contributed by atoms with Crippen molar-refractivity contribution in [2.45, 2.75) is 31.6 Å². The molecular formula is C73H55N3. The molecule has 76 heavy (non-hydrogen) atoms. The van der Waals surface area contributed by atoms with Gasteiger partial charge < -0.3 is 14.0 Å². The van der Waals surface area contributed by atoms with Gasteiger partial charge in [-0.05, 0) is 178 Å². The van der Waals surface area contributed by atoms with Gasteiger partial charge in [-0.2, -0.15) is 0 Å². The van der Waals surface area contributed by atoms with Crippen LogP contribution in [0.25, 0.3) is 99.5 Å². The van der Waals surface area contributed by atoms with Gasteiger partial charge in [0, 0.05) is 50.0 Å². The van der Waals surface area contributed by atoms with E-state index in [1.807, 2.05) is 0 Å². The summed E-state index contributed by atoms with van der Waals surface area (Å²) in [5.74, 6) is 2.62. The lowest BCUT2D eigenvalue weighted by Gasteiger charge is -2.26. The highest BCUT2D eigenvalue weighted by atomic mass is 15.1. The van der Waals surface area contributed by atoms with Crippen LogP contribution in [-0.4, -0.2) is 9.13 Å². The van der Waals surface area contributed by atoms with E-state index in [-0.39, 0.29) is 0 Å². The van der Waals surface area contributed by atoms with E-state index in [1.54, 1.807) is 0 Å². The van der Waals surface area contributed by atoms with Crippen molar-refractivity contribution >= 4 is 60.7 Å². The fourth-order valence-electron chi connectivity index (χ4n) is 13.3. The number of hydrogen-bond acceptors (Lipinski definition) is 1. The van der Waals surface area contributed by atoms with E-state index in [9.17, 15) is 0 Å². The third kappa shape index (κ3) is 7.65. The monoisotopic (exact) mass is 973 g/mol. The normalized spacial score (nSPS) is 16.1. The summed E-state index contributed by atoms with van der Waals surface area (Å²) in [7, 11) is 0. The Morgan fingerprint density at radius 2 is 0.684 bits per heavy atom. The molecule has 2 bridgehead atoms. The quantitative estimate of drug-likeness (QED) is 0.133. The fourth-order valence-corrected chi connectivity index (χ4v) is 13.3. The van der Waals surface area contributed by atoms with Crippen molar-refractivity contribution in [2.75, 3.05) is 4.90 Å². The summed E-state index contributed by atoms with van der Waals surface area (Å²) < 4.78 is 4.77. The van der Waals surface area contributed by atoms with Gasteiger partial charge in [0.05, 0.1) is 22.1 Å². The number of para-hydroxylation sites is 4. The van der Waals surface area contributed by atoms with Crippen molar-refractivity contribution in [1.29, 1.82) is 0 Å². The average Bonchev–Trinajstić information content (AvgIpc) is 4.35. The van der Waals surface area contributed by atoms with E-state index >= 15 is 0 Å². The van der Waals surface area contributed by atoms with Crippen LogP contribution in [0.1, 0.15) is 37.2 Å². The van der Waals surface area contributed by atoms with Crippen molar-refractivity contribution in [1.82, 2.24) is 9.13 Å². The summed E-state index contributed by atoms with van der Waals surface area (Å²) >= 11 is 0. The molecule has 15 rings (SSSR count). The molecule has 3 unspecified atom stereocenters. The molecule has 2 saturated carbocycles. The Hall–Kier alpha value is -9.18. The number of fused-ring (bicyclic) bond motifs is 8. The Morgan fingerprint density at radius 1 is 0.289 bits per heavy atom. The van der Waals surface area contributed by atoms with Crippen LogP contribution in [0.2, 0.25) is 0 Å². The molecule has 0 N–H and O–H groups in total. The van der Waals surface area contributed by atoms with E-state index in [4.69, 9.17) is 0 Å². The molecule has 13 aromatic rings. The Balaban J connectivity index is 0.765. The molecule has 2 aliphatic rings. The molecule has 11 aromatic carbocycles. The molecule has 3 heteroatoms. The highest BCUT2D eigenvalue weighted by molar-refractivity contribution is 6.11. The van der Waals surface area contributed by atoms with Crippen LogP contribution in [-0.2, 0) is 0 Å². The zero-order valence-corrected chi connectivity index (χ0v) is 42.3. The van der Waals surface area contributed by atoms with E-state index in [1.165, 1.54) is 125 Å². The SMILES string of the molecule is c1ccc(-n2c3ccccc3c3cc(-c4ccc(N(c5ccc(-c6ccc(-c7ccc(C8CC9CCC8C9)cc7)cc6)cc5)c5ccc(-c6ccc7c8ccccc8n(-c8ccccc8)c7c6)cc5)cc4)ccc32)cc1. The van der Waals surface area contributed by atoms with Gasteiger partial charge in [0.25, 0.3) is 0 Å². The zero-order chi connectivity index (χ0) is 50.1. The molecule has 3 atom stereocenters. The average molecular weight is 974 g/mol. The third-order valence-corrected chi connectivity index (χ3v) is 17.0. The van der Waals surface area contributed by atoms with Crippen LogP contribution in [0.5, 0.6) is 0 Å². The first-order chi connectivity index (χ1) is 37.6. The predicted molar refractivity (Wildman–Crippen MR) is 320 cm³/mol. The van der Waals surface area contributed by atoms with Gasteiger partial charge in [0.15, 0.2) is 0 Å². The summed E-state index contributed by atoms with van der Waals surface area (Å²) in [5, 5.41) is 5.01. The van der Waals surface area contributed by atoms with Gasteiger partial charge in [-0.1, -0.05) is 182 Å². The van der Waals surface area contributed by atoms with E-state index in [0.717, 1.165) is 40.5 Å². The molecule has 2 heterocycles. The number of rotatable bonds is 10. The van der Waals surface area contributed by atoms with Crippen molar-refractivity contribution in [2.24, 2.45) is 11.8 Å². The molecule has 2 fully saturated rings. The van der Waals surface area contributed by atoms with Gasteiger partial charge in [-0.15, -0.1) is 0 Å². The zero-order valence-electron chi connectivity index (χ0n) is 42.3. The van der Waals surface area contributed by atoms with Gasteiger partial charge in [0.1, 0.15) is 0 Å². The lowest BCUT2D eigenvalue weighted by molar-refractivity contribution is 0.420. The molecule has 362 valence electrons. The maximum absolute atomic E-state index is 2.40. The van der Waals surface area contributed by atoms with Gasteiger partial charge in [-0.3, -0.25) is 0 Å². The number of anilines is 3. The smallest absolute Gasteiger partial charge is 0.0547 e. The summed E-state index contributed by atoms with van der Waals surface area (Å²) in [5.41, 5.74) is 21.6. The fraction of sp³-hybridized carbons (Fsp3) is 0.0959. The summed E-state index contributed by atoms with van der Waals surface area (Å²) in [4.78, 5) is 2.38. The van der Waals surface area contributed by atoms with Crippen molar-refractivity contribution in [3.63, 3.8) is 0 Å². The van der Waals surface area contributed by atoms with E-state index in [2.05, 4.69) is 281 Å². The summed E-state index contributed by atoms with van der Waals surface area (Å²) in [6.45, 7) is 0. The summed E-state index contributed by atoms with van der Waals surface area (Å²) in [6.07, 6.45) is 5.69. The van der Waals surface area contributed by atoms with E-state index in [0.29, 0.717) is 0 Å². The number of aromatic nitrogens is 2. The number of nitrogens with zero attached hydrogens (tertiary/aromatic N) is 3. The van der Waals surface area contributed by atoms with Gasteiger partial charge in [0.2, 0.25) is 0 Å². The number of hydrogen-bond donors (Lipinski definition) is 0. The Labute approximate surface area is 444 Å². The van der Waals surface area contributed by atoms with Gasteiger partial charge in [-0.25, -0.2) is 0 Å². The first-order valence-electron chi connectivity index (χ1n) is 27.1. The topological polar surface area (TPSA) is 13.1 Å². The standard InChI is InChI=1S/C73H55N3/c1-3-11-60(12-4-1)75-71-18-10-8-16-66(71)69-47-57(36-44-72(69)75)54-31-39-63(40-32-54)74(62-37-29-53(30-38-62)51-23-21-50(22-24-51)52-25-27-56(28-26-52)68-46-49-19-20-59(68)45-49)64-41-33-55(34-42-64)58-35-43-67-65-15-7-9-17-70(65)76(73(67)48-58)61-13-5-2-6-14-61/h1-18,21-44,47-49,59,68H,19-20,45-46H2. The minimum atomic E-state index is 0.761. The maximum Gasteiger partial charge on any atom is 0.0547 e. The second-order valence-corrected chi connectivity index (χ2v) is 21.3. The first-order valence-corrected chi connectivity index (χ1v) is 27.1. The van der Waals surface area contributed by atoms with Crippen LogP contribution < -0.4 is 4.90 Å². The van der Waals surface area contributed by atoms with Crippen LogP contribution in [0.3, 0.4) is 0 Å². The van der Waals surface area contributed by atoms with Crippen molar-refractivity contribution < 1.29 is 0 Å². The van der Waals surface area contributed by atoms with Crippen LogP contribution in [0.15, 0.2) is 267 Å². The lowest BCUT2D eigenvalue weighted by atomic mass is 9.83. The molecule has 0 aliphatic heterocycles. The predicted octanol–water partition coefficient (Wildman–Crippen LogP) is 19.9. The second-order valence-electron chi connectivity index (χ2n) is 21.3. The molecular weight excluding hydrogens is 919 g/mol. The molecule has 0 radical (unpaired) electrons. The van der Waals surface area contributed by atoms with Crippen LogP contribution in [0, 0.1) is 11.8 Å². The van der Waals surface area contributed by atoms with E-state index < -0.39 is 0 Å². The lowest BCUT2D eigenvalue weighted by Crippen LogP contribution is -2.09. The molecule has 0 spiro atoms. The summed E-state index contributed by atoms with van der Waals surface area (Å²) in [6, 6.07) is 98.5. The highest BCUT2D eigenvalue weighted by Crippen LogP contribution is 2.53. The second kappa shape index (κ2) is 18.3. The Bertz CT molecular complexity index is 4240. The molecule has 3 nitrogen and oxygen atoms in total. The highest BCUT2D eigenvalue weighted by Gasteiger charge is 2.40. The minimum absolute atomic E-state index is 0.761. The minimum Gasteiger partial charge on any atom is -0.311 e. The number of benzene rings is 11. The van der Waals surface area contributed by atoms with Crippen molar-refractivity contribution in [3.05, 3.63) is 272 Å².